The maximum atomic E-state index is 12.3. The van der Waals surface area contributed by atoms with Crippen molar-refractivity contribution in [2.75, 3.05) is 33.1 Å². The van der Waals surface area contributed by atoms with Crippen LogP contribution < -0.4 is 15.4 Å². The number of amides is 2. The van der Waals surface area contributed by atoms with Gasteiger partial charge in [-0.15, -0.1) is 0 Å². The Balaban J connectivity index is 2.03. The van der Waals surface area contributed by atoms with Crippen molar-refractivity contribution in [3.63, 3.8) is 0 Å². The number of likely N-dealkylation sites (N-methyl/N-ethyl adjacent to an activating group) is 1. The highest BCUT2D eigenvalue weighted by Crippen LogP contribution is 2.21. The largest absolute Gasteiger partial charge is 0.497 e. The molecule has 0 aliphatic rings. The molecule has 3 N–H and O–H groups in total. The maximum Gasteiger partial charge on any atom is 0.335 e. The van der Waals surface area contributed by atoms with Crippen LogP contribution in [0.5, 0.6) is 5.75 Å². The minimum absolute atomic E-state index is 0.0264. The predicted molar refractivity (Wildman–Crippen MR) is 109 cm³/mol. The molecule has 0 aliphatic heterocycles. The molecule has 0 radical (unpaired) electrons. The SMILES string of the molecule is COc1ccc(C(CNC(=O)C(=O)Nc2cc(C(=O)O)ccc2C)N(C)C)cc1. The number of carboxylic acids is 1. The van der Waals surface area contributed by atoms with Crippen LogP contribution in [0.15, 0.2) is 42.5 Å². The number of rotatable bonds is 7. The lowest BCUT2D eigenvalue weighted by Crippen LogP contribution is -2.40. The van der Waals surface area contributed by atoms with Gasteiger partial charge in [0, 0.05) is 12.2 Å². The maximum absolute atomic E-state index is 12.3. The molecule has 0 saturated carbocycles. The van der Waals surface area contributed by atoms with Crippen LogP contribution in [0.3, 0.4) is 0 Å². The first-order valence-electron chi connectivity index (χ1n) is 8.96. The molecule has 8 nitrogen and oxygen atoms in total. The zero-order chi connectivity index (χ0) is 21.6. The summed E-state index contributed by atoms with van der Waals surface area (Å²) in [4.78, 5) is 37.5. The van der Waals surface area contributed by atoms with Gasteiger partial charge in [0.15, 0.2) is 0 Å². The zero-order valence-corrected chi connectivity index (χ0v) is 16.9. The summed E-state index contributed by atoms with van der Waals surface area (Å²) in [6.45, 7) is 1.94. The van der Waals surface area contributed by atoms with E-state index in [4.69, 9.17) is 9.84 Å². The highest BCUT2D eigenvalue weighted by molar-refractivity contribution is 6.39. The van der Waals surface area contributed by atoms with Crippen LogP contribution in [-0.2, 0) is 9.59 Å². The number of hydrogen-bond donors (Lipinski definition) is 3. The molecule has 0 bridgehead atoms. The minimum Gasteiger partial charge on any atom is -0.497 e. The van der Waals surface area contributed by atoms with Gasteiger partial charge in [0.05, 0.1) is 18.7 Å². The minimum atomic E-state index is -1.11. The van der Waals surface area contributed by atoms with E-state index in [1.54, 1.807) is 20.1 Å². The Hall–Kier alpha value is -3.39. The van der Waals surface area contributed by atoms with Gasteiger partial charge >= 0.3 is 17.8 Å². The number of carboxylic acid groups (broad SMARTS) is 1. The Kier molecular flexibility index (Phi) is 7.33. The Labute approximate surface area is 169 Å². The van der Waals surface area contributed by atoms with E-state index >= 15 is 0 Å². The van der Waals surface area contributed by atoms with Crippen LogP contribution >= 0.6 is 0 Å². The summed E-state index contributed by atoms with van der Waals surface area (Å²) in [6, 6.07) is 11.6. The number of ether oxygens (including phenoxy) is 1. The summed E-state index contributed by atoms with van der Waals surface area (Å²) in [7, 11) is 5.34. The van der Waals surface area contributed by atoms with Crippen molar-refractivity contribution < 1.29 is 24.2 Å². The number of aryl methyl sites for hydroxylation is 1. The summed E-state index contributed by atoms with van der Waals surface area (Å²) < 4.78 is 5.16. The smallest absolute Gasteiger partial charge is 0.335 e. The van der Waals surface area contributed by atoms with Crippen molar-refractivity contribution in [2.24, 2.45) is 0 Å². The fraction of sp³-hybridized carbons (Fsp3) is 0.286. The van der Waals surface area contributed by atoms with Gasteiger partial charge in [-0.3, -0.25) is 9.59 Å². The monoisotopic (exact) mass is 399 g/mol. The van der Waals surface area contributed by atoms with Gasteiger partial charge in [0.2, 0.25) is 0 Å². The number of nitrogens with zero attached hydrogens (tertiary/aromatic N) is 1. The predicted octanol–water partition coefficient (Wildman–Crippen LogP) is 2.06. The number of carbonyl (C=O) groups is 3. The molecule has 0 saturated heterocycles. The molecule has 1 atom stereocenters. The van der Waals surface area contributed by atoms with E-state index in [-0.39, 0.29) is 23.8 Å². The Morgan fingerprint density at radius 1 is 1.07 bits per heavy atom. The van der Waals surface area contributed by atoms with Crippen molar-refractivity contribution in [3.8, 4) is 5.75 Å². The van der Waals surface area contributed by atoms with Crippen molar-refractivity contribution in [3.05, 3.63) is 59.2 Å². The van der Waals surface area contributed by atoms with Crippen molar-refractivity contribution >= 4 is 23.5 Å². The molecule has 2 rings (SSSR count). The molecule has 0 spiro atoms. The van der Waals surface area contributed by atoms with Gasteiger partial charge in [-0.05, 0) is 56.4 Å². The molecule has 0 aliphatic carbocycles. The van der Waals surface area contributed by atoms with Crippen molar-refractivity contribution in [1.29, 1.82) is 0 Å². The van der Waals surface area contributed by atoms with Crippen LogP contribution in [0, 0.1) is 6.92 Å². The van der Waals surface area contributed by atoms with Crippen LogP contribution in [0.2, 0.25) is 0 Å². The van der Waals surface area contributed by atoms with Crippen LogP contribution in [0.4, 0.5) is 5.69 Å². The molecule has 0 aromatic heterocycles. The molecule has 0 fully saturated rings. The fourth-order valence-electron chi connectivity index (χ4n) is 2.76. The second-order valence-electron chi connectivity index (χ2n) is 6.75. The third kappa shape index (κ3) is 5.79. The molecule has 154 valence electrons. The number of hydrogen-bond acceptors (Lipinski definition) is 5. The third-order valence-electron chi connectivity index (χ3n) is 4.52. The third-order valence-corrected chi connectivity index (χ3v) is 4.52. The van der Waals surface area contributed by atoms with E-state index in [0.29, 0.717) is 5.56 Å². The van der Waals surface area contributed by atoms with Crippen LogP contribution in [0.25, 0.3) is 0 Å². The molecular formula is C21H25N3O5. The normalized spacial score (nSPS) is 11.6. The van der Waals surface area contributed by atoms with Crippen LogP contribution in [0.1, 0.15) is 27.5 Å². The van der Waals surface area contributed by atoms with Crippen molar-refractivity contribution in [2.45, 2.75) is 13.0 Å². The Morgan fingerprint density at radius 3 is 2.28 bits per heavy atom. The molecular weight excluding hydrogens is 374 g/mol. The Bertz CT molecular complexity index is 894. The van der Waals surface area contributed by atoms with E-state index < -0.39 is 17.8 Å². The van der Waals surface area contributed by atoms with E-state index in [1.165, 1.54) is 12.1 Å². The number of carbonyl (C=O) groups excluding carboxylic acids is 2. The molecule has 2 amide bonds. The highest BCUT2D eigenvalue weighted by Gasteiger charge is 2.20. The first-order valence-corrected chi connectivity index (χ1v) is 8.96. The van der Waals surface area contributed by atoms with E-state index in [2.05, 4.69) is 10.6 Å². The summed E-state index contributed by atoms with van der Waals surface area (Å²) in [5, 5.41) is 14.2. The second-order valence-corrected chi connectivity index (χ2v) is 6.75. The lowest BCUT2D eigenvalue weighted by molar-refractivity contribution is -0.136. The molecule has 8 heteroatoms. The number of benzene rings is 2. The zero-order valence-electron chi connectivity index (χ0n) is 16.9. The summed E-state index contributed by atoms with van der Waals surface area (Å²) >= 11 is 0. The molecule has 2 aromatic rings. The first-order chi connectivity index (χ1) is 13.7. The van der Waals surface area contributed by atoms with Gasteiger partial charge in [-0.25, -0.2) is 4.79 Å². The molecule has 2 aromatic carbocycles. The quantitative estimate of drug-likeness (QED) is 0.615. The average Bonchev–Trinajstić information content (AvgIpc) is 2.69. The van der Waals surface area contributed by atoms with Gasteiger partial charge in [-0.2, -0.15) is 0 Å². The van der Waals surface area contributed by atoms with Gasteiger partial charge in [0.25, 0.3) is 0 Å². The van der Waals surface area contributed by atoms with Crippen molar-refractivity contribution in [1.82, 2.24) is 10.2 Å². The second kappa shape index (κ2) is 9.70. The number of aromatic carboxylic acids is 1. The van der Waals surface area contributed by atoms with E-state index in [9.17, 15) is 14.4 Å². The van der Waals surface area contributed by atoms with Gasteiger partial charge in [-0.1, -0.05) is 18.2 Å². The Morgan fingerprint density at radius 2 is 1.72 bits per heavy atom. The average molecular weight is 399 g/mol. The van der Waals surface area contributed by atoms with Crippen LogP contribution in [-0.4, -0.2) is 55.5 Å². The lowest BCUT2D eigenvalue weighted by atomic mass is 10.1. The first kappa shape index (κ1) is 21.9. The van der Waals surface area contributed by atoms with Gasteiger partial charge in [0.1, 0.15) is 5.75 Å². The topological polar surface area (TPSA) is 108 Å². The lowest BCUT2D eigenvalue weighted by Gasteiger charge is -2.25. The van der Waals surface area contributed by atoms with E-state index in [0.717, 1.165) is 11.3 Å². The molecule has 29 heavy (non-hydrogen) atoms. The van der Waals surface area contributed by atoms with Gasteiger partial charge < -0.3 is 25.4 Å². The van der Waals surface area contributed by atoms with E-state index in [1.807, 2.05) is 43.3 Å². The fourth-order valence-corrected chi connectivity index (χ4v) is 2.76. The standard InChI is InChI=1S/C21H25N3O5/c1-13-5-6-15(21(27)28)11-17(13)23-20(26)19(25)22-12-18(24(2)3)14-7-9-16(29-4)10-8-14/h5-11,18H,12H2,1-4H3,(H,22,25)(H,23,26)(H,27,28). The molecule has 1 unspecified atom stereocenters. The summed E-state index contributed by atoms with van der Waals surface area (Å²) in [5.41, 5.74) is 1.92. The highest BCUT2D eigenvalue weighted by atomic mass is 16.5. The number of anilines is 1. The molecule has 0 heterocycles. The number of methoxy groups -OCH3 is 1. The summed E-state index contributed by atoms with van der Waals surface area (Å²) in [6.07, 6.45) is 0. The number of nitrogens with one attached hydrogen (secondary N) is 2. The summed E-state index contributed by atoms with van der Waals surface area (Å²) in [5.74, 6) is -2.04.